The predicted octanol–water partition coefficient (Wildman–Crippen LogP) is 0.904. The second-order valence-corrected chi connectivity index (χ2v) is 3.82. The lowest BCUT2D eigenvalue weighted by Gasteiger charge is -2.26. The van der Waals surface area contributed by atoms with Crippen molar-refractivity contribution < 1.29 is 19.2 Å². The van der Waals surface area contributed by atoms with Gasteiger partial charge in [-0.3, -0.25) is 9.63 Å². The summed E-state index contributed by atoms with van der Waals surface area (Å²) in [6.07, 6.45) is 1.61. The molecule has 0 N–H and O–H groups in total. The Kier molecular flexibility index (Phi) is 5.62. The molecule has 0 atom stereocenters. The molecule has 0 rings (SSSR count). The van der Waals surface area contributed by atoms with Crippen molar-refractivity contribution in [1.82, 2.24) is 5.06 Å². The third-order valence-corrected chi connectivity index (χ3v) is 1.23. The molecule has 0 heterocycles. The van der Waals surface area contributed by atoms with Crippen LogP contribution < -0.4 is 0 Å². The minimum atomic E-state index is -0.517. The fourth-order valence-electron chi connectivity index (χ4n) is 0.767. The van der Waals surface area contributed by atoms with Crippen molar-refractivity contribution in [3.8, 4) is 0 Å². The largest absolute Gasteiger partial charge is 0.461 e. The van der Waals surface area contributed by atoms with Crippen molar-refractivity contribution in [2.75, 3.05) is 13.2 Å². The lowest BCUT2D eigenvalue weighted by Crippen LogP contribution is -2.35. The van der Waals surface area contributed by atoms with Crippen molar-refractivity contribution in [3.63, 3.8) is 0 Å². The topological polar surface area (TPSA) is 55.8 Å². The second kappa shape index (κ2) is 6.19. The lowest BCUT2D eigenvalue weighted by atomic mass is 10.2. The number of hydrogen-bond donors (Lipinski definition) is 0. The molecule has 0 aromatic rings. The van der Waals surface area contributed by atoms with Gasteiger partial charge in [0.1, 0.15) is 6.61 Å². The number of hydroxylamine groups is 2. The van der Waals surface area contributed by atoms with Gasteiger partial charge in [0.25, 0.3) is 0 Å². The Bertz CT molecular complexity index is 232. The third-order valence-electron chi connectivity index (χ3n) is 1.23. The average Bonchev–Trinajstić information content (AvgIpc) is 2.14. The minimum Gasteiger partial charge on any atom is -0.461 e. The molecule has 0 spiro atoms. The molecule has 0 aliphatic carbocycles. The molecule has 0 unspecified atom stereocenters. The Labute approximate surface area is 89.6 Å². The molecule has 1 amide bonds. The van der Waals surface area contributed by atoms with Gasteiger partial charge in [-0.1, -0.05) is 6.58 Å². The number of carbonyl (C=O) groups excluding carboxylic acids is 2. The molecular weight excluding hydrogens is 198 g/mol. The van der Waals surface area contributed by atoms with Crippen LogP contribution in [0.5, 0.6) is 0 Å². The highest BCUT2D eigenvalue weighted by molar-refractivity contribution is 5.81. The van der Waals surface area contributed by atoms with E-state index < -0.39 is 11.6 Å². The van der Waals surface area contributed by atoms with Gasteiger partial charge >= 0.3 is 5.97 Å². The normalized spacial score (nSPS) is 10.6. The summed E-state index contributed by atoms with van der Waals surface area (Å²) in [4.78, 5) is 26.5. The first kappa shape index (κ1) is 13.6. The van der Waals surface area contributed by atoms with Gasteiger partial charge in [-0.2, -0.15) is 0 Å². The highest BCUT2D eigenvalue weighted by Crippen LogP contribution is 2.08. The monoisotopic (exact) mass is 215 g/mol. The molecule has 0 bridgehead atoms. The van der Waals surface area contributed by atoms with E-state index in [1.165, 1.54) is 0 Å². The van der Waals surface area contributed by atoms with E-state index in [9.17, 15) is 9.59 Å². The van der Waals surface area contributed by atoms with Gasteiger partial charge in [-0.15, -0.1) is 0 Å². The van der Waals surface area contributed by atoms with Crippen LogP contribution >= 0.6 is 0 Å². The number of rotatable bonds is 6. The SMILES string of the molecule is C=CC(=O)OCCN(C=O)OC(C)(C)C. The molecule has 0 aliphatic rings. The van der Waals surface area contributed by atoms with E-state index in [2.05, 4.69) is 6.58 Å². The number of ether oxygens (including phenoxy) is 1. The smallest absolute Gasteiger partial charge is 0.330 e. The molecule has 0 aromatic carbocycles. The molecule has 0 aromatic heterocycles. The summed E-state index contributed by atoms with van der Waals surface area (Å²) in [5, 5.41) is 1.09. The van der Waals surface area contributed by atoms with E-state index in [0.717, 1.165) is 11.1 Å². The average molecular weight is 215 g/mol. The van der Waals surface area contributed by atoms with E-state index in [4.69, 9.17) is 9.57 Å². The van der Waals surface area contributed by atoms with Crippen LogP contribution in [0.1, 0.15) is 20.8 Å². The number of hydrogen-bond acceptors (Lipinski definition) is 4. The first-order valence-electron chi connectivity index (χ1n) is 4.59. The molecule has 0 fully saturated rings. The van der Waals surface area contributed by atoms with Crippen LogP contribution in [0.3, 0.4) is 0 Å². The van der Waals surface area contributed by atoms with Crippen LogP contribution in [0.4, 0.5) is 0 Å². The first-order chi connectivity index (χ1) is 6.89. The summed E-state index contributed by atoms with van der Waals surface area (Å²) >= 11 is 0. The van der Waals surface area contributed by atoms with Gasteiger partial charge in [0.2, 0.25) is 6.41 Å². The highest BCUT2D eigenvalue weighted by Gasteiger charge is 2.15. The molecule has 86 valence electrons. The molecule has 15 heavy (non-hydrogen) atoms. The van der Waals surface area contributed by atoms with E-state index >= 15 is 0 Å². The molecule has 5 heteroatoms. The minimum absolute atomic E-state index is 0.0830. The quantitative estimate of drug-likeness (QED) is 0.286. The maximum Gasteiger partial charge on any atom is 0.330 e. The fourth-order valence-corrected chi connectivity index (χ4v) is 0.767. The summed E-state index contributed by atoms with van der Waals surface area (Å²) in [7, 11) is 0. The zero-order chi connectivity index (χ0) is 11.9. The summed E-state index contributed by atoms with van der Waals surface area (Å²) in [6, 6.07) is 0. The first-order valence-corrected chi connectivity index (χ1v) is 4.59. The number of esters is 1. The summed E-state index contributed by atoms with van der Waals surface area (Å²) < 4.78 is 4.70. The van der Waals surface area contributed by atoms with Gasteiger partial charge in [-0.25, -0.2) is 9.86 Å². The zero-order valence-corrected chi connectivity index (χ0v) is 9.36. The molecular formula is C10H17NO4. The Hall–Kier alpha value is -1.36. The van der Waals surface area contributed by atoms with Gasteiger partial charge in [0, 0.05) is 6.08 Å². The molecule has 0 aliphatic heterocycles. The Morgan fingerprint density at radius 3 is 2.47 bits per heavy atom. The van der Waals surface area contributed by atoms with Gasteiger partial charge in [-0.05, 0) is 20.8 Å². The fraction of sp³-hybridized carbons (Fsp3) is 0.600. The van der Waals surface area contributed by atoms with E-state index in [1.807, 2.05) is 20.8 Å². The van der Waals surface area contributed by atoms with E-state index in [0.29, 0.717) is 6.41 Å². The van der Waals surface area contributed by atoms with Crippen LogP contribution in [-0.4, -0.2) is 36.2 Å². The van der Waals surface area contributed by atoms with Crippen molar-refractivity contribution in [2.24, 2.45) is 0 Å². The number of carbonyl (C=O) groups is 2. The summed E-state index contributed by atoms with van der Waals surface area (Å²) in [5.74, 6) is -0.517. The molecule has 5 nitrogen and oxygen atoms in total. The van der Waals surface area contributed by atoms with Crippen LogP contribution in [0.25, 0.3) is 0 Å². The predicted molar refractivity (Wildman–Crippen MR) is 54.8 cm³/mol. The number of amides is 1. The van der Waals surface area contributed by atoms with Gasteiger partial charge in [0.15, 0.2) is 0 Å². The van der Waals surface area contributed by atoms with Crippen molar-refractivity contribution >= 4 is 12.4 Å². The Morgan fingerprint density at radius 2 is 2.07 bits per heavy atom. The van der Waals surface area contributed by atoms with E-state index in [1.54, 1.807) is 0 Å². The second-order valence-electron chi connectivity index (χ2n) is 3.82. The molecule has 0 saturated heterocycles. The van der Waals surface area contributed by atoms with E-state index in [-0.39, 0.29) is 13.2 Å². The number of nitrogens with zero attached hydrogens (tertiary/aromatic N) is 1. The van der Waals surface area contributed by atoms with Crippen LogP contribution in [0, 0.1) is 0 Å². The Balaban J connectivity index is 3.86. The summed E-state index contributed by atoms with van der Waals surface area (Å²) in [6.45, 7) is 8.98. The van der Waals surface area contributed by atoms with Gasteiger partial charge < -0.3 is 4.74 Å². The van der Waals surface area contributed by atoms with Crippen LogP contribution in [0.2, 0.25) is 0 Å². The molecule has 0 radical (unpaired) electrons. The van der Waals surface area contributed by atoms with Crippen molar-refractivity contribution in [2.45, 2.75) is 26.4 Å². The Morgan fingerprint density at radius 1 is 1.47 bits per heavy atom. The lowest BCUT2D eigenvalue weighted by molar-refractivity contribution is -0.219. The van der Waals surface area contributed by atoms with Crippen molar-refractivity contribution in [3.05, 3.63) is 12.7 Å². The summed E-state index contributed by atoms with van der Waals surface area (Å²) in [5.41, 5.74) is -0.455. The van der Waals surface area contributed by atoms with Crippen LogP contribution in [-0.2, 0) is 19.2 Å². The highest BCUT2D eigenvalue weighted by atomic mass is 16.7. The maximum atomic E-state index is 10.7. The molecule has 0 saturated carbocycles. The third kappa shape index (κ3) is 7.69. The zero-order valence-electron chi connectivity index (χ0n) is 9.36. The van der Waals surface area contributed by atoms with Crippen molar-refractivity contribution in [1.29, 1.82) is 0 Å². The standard InChI is InChI=1S/C10H17NO4/c1-5-9(13)14-7-6-11(8-12)15-10(2,3)4/h5,8H,1,6-7H2,2-4H3. The van der Waals surface area contributed by atoms with Crippen LogP contribution in [0.15, 0.2) is 12.7 Å². The maximum absolute atomic E-state index is 10.7. The van der Waals surface area contributed by atoms with Gasteiger partial charge in [0.05, 0.1) is 12.1 Å².